The van der Waals surface area contributed by atoms with Crippen LogP contribution in [0.1, 0.15) is 46.9 Å². The van der Waals surface area contributed by atoms with Gasteiger partial charge in [-0.15, -0.1) is 5.10 Å². The van der Waals surface area contributed by atoms with E-state index in [1.54, 1.807) is 16.8 Å². The summed E-state index contributed by atoms with van der Waals surface area (Å²) in [5.41, 5.74) is 2.24. The van der Waals surface area contributed by atoms with Gasteiger partial charge in [0.05, 0.1) is 17.2 Å². The van der Waals surface area contributed by atoms with E-state index in [0.717, 1.165) is 36.8 Å². The van der Waals surface area contributed by atoms with Gasteiger partial charge in [-0.1, -0.05) is 23.8 Å². The Bertz CT molecular complexity index is 674. The van der Waals surface area contributed by atoms with Gasteiger partial charge in [0, 0.05) is 18.1 Å². The molecule has 1 aliphatic rings. The van der Waals surface area contributed by atoms with Crippen LogP contribution in [-0.4, -0.2) is 26.2 Å². The summed E-state index contributed by atoms with van der Waals surface area (Å²) in [4.78, 5) is 21.3. The number of benzene rings is 1. The highest BCUT2D eigenvalue weighted by Gasteiger charge is 2.27. The van der Waals surface area contributed by atoms with Crippen LogP contribution in [0.3, 0.4) is 0 Å². The third-order valence-corrected chi connectivity index (χ3v) is 3.88. The van der Waals surface area contributed by atoms with E-state index in [0.29, 0.717) is 18.2 Å². The Balaban J connectivity index is 1.85. The molecule has 0 bridgehead atoms. The molecule has 1 saturated carbocycles. The number of rotatable bonds is 5. The molecule has 0 N–H and O–H groups in total. The largest absolute Gasteiger partial charge is 0.296 e. The normalized spacial score (nSPS) is 14.7. The van der Waals surface area contributed by atoms with Gasteiger partial charge in [-0.25, -0.2) is 4.68 Å². The molecule has 1 heterocycles. The first-order valence-corrected chi connectivity index (χ1v) is 6.81. The molecular weight excluding hydrogens is 272 g/mol. The van der Waals surface area contributed by atoms with Crippen molar-refractivity contribution >= 4 is 12.0 Å². The fourth-order valence-corrected chi connectivity index (χ4v) is 2.53. The van der Waals surface area contributed by atoms with Crippen LogP contribution in [0.15, 0.2) is 24.3 Å². The minimum absolute atomic E-state index is 0.0603. The number of nitro groups is 1. The predicted molar refractivity (Wildman–Crippen MR) is 74.2 cm³/mol. The molecule has 3 rings (SSSR count). The van der Waals surface area contributed by atoms with E-state index in [9.17, 15) is 14.9 Å². The number of aldehydes is 1. The lowest BCUT2D eigenvalue weighted by molar-refractivity contribution is -0.384. The molecule has 0 amide bonds. The summed E-state index contributed by atoms with van der Waals surface area (Å²) < 4.78 is 1.73. The van der Waals surface area contributed by atoms with Crippen LogP contribution in [0.2, 0.25) is 0 Å². The van der Waals surface area contributed by atoms with Crippen LogP contribution in [0.25, 0.3) is 0 Å². The number of carbonyl (C=O) groups excluding carboxylic acids is 1. The summed E-state index contributed by atoms with van der Waals surface area (Å²) in [5.74, 6) is 0.346. The maximum Gasteiger partial charge on any atom is 0.269 e. The highest BCUT2D eigenvalue weighted by atomic mass is 16.6. The van der Waals surface area contributed by atoms with Crippen molar-refractivity contribution in [2.24, 2.45) is 0 Å². The Morgan fingerprint density at radius 1 is 1.33 bits per heavy atom. The minimum Gasteiger partial charge on any atom is -0.296 e. The van der Waals surface area contributed by atoms with Crippen LogP contribution in [0, 0.1) is 10.1 Å². The van der Waals surface area contributed by atoms with Crippen molar-refractivity contribution in [2.75, 3.05) is 0 Å². The predicted octanol–water partition coefficient (Wildman–Crippen LogP) is 2.31. The monoisotopic (exact) mass is 286 g/mol. The lowest BCUT2D eigenvalue weighted by atomic mass is 9.82. The zero-order chi connectivity index (χ0) is 14.8. The number of carbonyl (C=O) groups is 1. The second kappa shape index (κ2) is 5.43. The topological polar surface area (TPSA) is 90.9 Å². The first kappa shape index (κ1) is 13.4. The average molecular weight is 286 g/mol. The molecule has 0 saturated heterocycles. The average Bonchev–Trinajstić information content (AvgIpc) is 2.80. The molecule has 2 aromatic rings. The van der Waals surface area contributed by atoms with Crippen molar-refractivity contribution in [3.63, 3.8) is 0 Å². The van der Waals surface area contributed by atoms with E-state index in [1.807, 2.05) is 0 Å². The highest BCUT2D eigenvalue weighted by Crippen LogP contribution is 2.37. The Morgan fingerprint density at radius 3 is 2.57 bits per heavy atom. The maximum atomic E-state index is 11.1. The van der Waals surface area contributed by atoms with Crippen molar-refractivity contribution in [3.8, 4) is 0 Å². The first-order valence-electron chi connectivity index (χ1n) is 6.81. The molecular formula is C14H14N4O3. The number of hydrogen-bond acceptors (Lipinski definition) is 5. The van der Waals surface area contributed by atoms with E-state index in [2.05, 4.69) is 10.3 Å². The maximum absolute atomic E-state index is 11.1. The highest BCUT2D eigenvalue weighted by molar-refractivity contribution is 5.73. The number of non-ortho nitro benzene ring substituents is 1. The summed E-state index contributed by atoms with van der Waals surface area (Å²) in [6.45, 7) is 0.463. The van der Waals surface area contributed by atoms with Gasteiger partial charge in [-0.3, -0.25) is 14.9 Å². The summed E-state index contributed by atoms with van der Waals surface area (Å²) in [5, 5.41) is 18.6. The van der Waals surface area contributed by atoms with E-state index >= 15 is 0 Å². The van der Waals surface area contributed by atoms with E-state index in [4.69, 9.17) is 0 Å². The van der Waals surface area contributed by atoms with Crippen molar-refractivity contribution in [1.82, 2.24) is 15.0 Å². The van der Waals surface area contributed by atoms with Crippen LogP contribution in [-0.2, 0) is 6.54 Å². The number of aromatic nitrogens is 3. The summed E-state index contributed by atoms with van der Waals surface area (Å²) in [6.07, 6.45) is 4.00. The number of nitro benzene ring substituents is 1. The smallest absolute Gasteiger partial charge is 0.269 e. The van der Waals surface area contributed by atoms with Gasteiger partial charge in [0.1, 0.15) is 5.69 Å². The van der Waals surface area contributed by atoms with Crippen molar-refractivity contribution in [2.45, 2.75) is 31.7 Å². The molecule has 1 fully saturated rings. The van der Waals surface area contributed by atoms with Gasteiger partial charge >= 0.3 is 0 Å². The fraction of sp³-hybridized carbons (Fsp3) is 0.357. The van der Waals surface area contributed by atoms with Crippen LogP contribution in [0.4, 0.5) is 5.69 Å². The zero-order valence-electron chi connectivity index (χ0n) is 11.3. The molecule has 1 aromatic carbocycles. The number of nitrogens with zero attached hydrogens (tertiary/aromatic N) is 4. The zero-order valence-corrected chi connectivity index (χ0v) is 11.3. The molecule has 0 radical (unpaired) electrons. The van der Waals surface area contributed by atoms with Gasteiger partial charge in [0.2, 0.25) is 0 Å². The molecule has 0 spiro atoms. The molecule has 0 unspecified atom stereocenters. The molecule has 0 atom stereocenters. The molecule has 7 heteroatoms. The fourth-order valence-electron chi connectivity index (χ4n) is 2.53. The SMILES string of the molecule is O=Cc1nnn(Cc2ccc([N+](=O)[O-])cc2)c1C1CCC1. The third-order valence-electron chi connectivity index (χ3n) is 3.88. The molecule has 7 nitrogen and oxygen atoms in total. The quantitative estimate of drug-likeness (QED) is 0.478. The molecule has 108 valence electrons. The molecule has 0 aliphatic heterocycles. The van der Waals surface area contributed by atoms with Crippen molar-refractivity contribution in [1.29, 1.82) is 0 Å². The summed E-state index contributed by atoms with van der Waals surface area (Å²) >= 11 is 0. The van der Waals surface area contributed by atoms with Crippen LogP contribution < -0.4 is 0 Å². The Morgan fingerprint density at radius 2 is 2.05 bits per heavy atom. The van der Waals surface area contributed by atoms with Crippen LogP contribution in [0.5, 0.6) is 0 Å². The van der Waals surface area contributed by atoms with Crippen molar-refractivity contribution < 1.29 is 9.72 Å². The van der Waals surface area contributed by atoms with Gasteiger partial charge in [-0.2, -0.15) is 0 Å². The van der Waals surface area contributed by atoms with Gasteiger partial charge in [-0.05, 0) is 18.4 Å². The standard InChI is InChI=1S/C14H14N4O3/c19-9-13-14(11-2-1-3-11)17(16-15-13)8-10-4-6-12(7-5-10)18(20)21/h4-7,9,11H,1-3,8H2. The third kappa shape index (κ3) is 2.54. The summed E-state index contributed by atoms with van der Waals surface area (Å²) in [6, 6.07) is 6.34. The molecule has 21 heavy (non-hydrogen) atoms. The Kier molecular flexibility index (Phi) is 3.47. The first-order chi connectivity index (χ1) is 10.2. The van der Waals surface area contributed by atoms with Gasteiger partial charge < -0.3 is 0 Å². The van der Waals surface area contributed by atoms with Gasteiger partial charge in [0.15, 0.2) is 6.29 Å². The van der Waals surface area contributed by atoms with Crippen molar-refractivity contribution in [3.05, 3.63) is 51.3 Å². The van der Waals surface area contributed by atoms with E-state index < -0.39 is 4.92 Å². The lowest BCUT2D eigenvalue weighted by Gasteiger charge is -2.26. The second-order valence-corrected chi connectivity index (χ2v) is 5.19. The Labute approximate surface area is 120 Å². The second-order valence-electron chi connectivity index (χ2n) is 5.19. The Hall–Kier alpha value is -2.57. The summed E-state index contributed by atoms with van der Waals surface area (Å²) in [7, 11) is 0. The van der Waals surface area contributed by atoms with Gasteiger partial charge in [0.25, 0.3) is 5.69 Å². The number of hydrogen-bond donors (Lipinski definition) is 0. The molecule has 1 aliphatic carbocycles. The minimum atomic E-state index is -0.427. The van der Waals surface area contributed by atoms with Crippen LogP contribution >= 0.6 is 0 Å². The van der Waals surface area contributed by atoms with E-state index in [1.165, 1.54) is 12.1 Å². The lowest BCUT2D eigenvalue weighted by Crippen LogP contribution is -2.17. The molecule has 1 aromatic heterocycles. The van der Waals surface area contributed by atoms with E-state index in [-0.39, 0.29) is 5.69 Å².